The quantitative estimate of drug-likeness (QED) is 0.612. The van der Waals surface area contributed by atoms with Crippen molar-refractivity contribution in [3.63, 3.8) is 0 Å². The van der Waals surface area contributed by atoms with E-state index in [9.17, 15) is 4.79 Å². The third-order valence-corrected chi connectivity index (χ3v) is 3.08. The Kier molecular flexibility index (Phi) is 3.48. The Labute approximate surface area is 97.0 Å². The summed E-state index contributed by atoms with van der Waals surface area (Å²) in [7, 11) is 0. The van der Waals surface area contributed by atoms with Crippen molar-refractivity contribution in [2.45, 2.75) is 13.0 Å². The first-order chi connectivity index (χ1) is 7.81. The third kappa shape index (κ3) is 2.37. The molecule has 0 aliphatic carbocycles. The standard InChI is InChI=1S/C11H13N3OS/c1-2-3-5-12-7-9-13-8-4-6-16-10(8)11(15)14-9/h2,4,6,12H,1,3,5,7H2,(H,13,14,15). The molecule has 4 nitrogen and oxygen atoms in total. The molecule has 2 rings (SSSR count). The number of rotatable bonds is 5. The smallest absolute Gasteiger partial charge is 0.268 e. The van der Waals surface area contributed by atoms with Crippen LogP contribution in [0.3, 0.4) is 0 Å². The maximum absolute atomic E-state index is 11.6. The van der Waals surface area contributed by atoms with Crippen LogP contribution < -0.4 is 10.9 Å². The molecule has 0 radical (unpaired) electrons. The van der Waals surface area contributed by atoms with Gasteiger partial charge in [0.2, 0.25) is 0 Å². The van der Waals surface area contributed by atoms with Gasteiger partial charge in [0.05, 0.1) is 12.1 Å². The summed E-state index contributed by atoms with van der Waals surface area (Å²) in [5.74, 6) is 0.681. The Morgan fingerprint density at radius 2 is 2.50 bits per heavy atom. The third-order valence-electron chi connectivity index (χ3n) is 2.18. The van der Waals surface area contributed by atoms with E-state index in [-0.39, 0.29) is 5.56 Å². The molecule has 0 bridgehead atoms. The number of nitrogens with zero attached hydrogens (tertiary/aromatic N) is 1. The summed E-state index contributed by atoms with van der Waals surface area (Å²) in [6, 6.07) is 1.86. The first-order valence-electron chi connectivity index (χ1n) is 5.09. The fourth-order valence-corrected chi connectivity index (χ4v) is 2.14. The van der Waals surface area contributed by atoms with Crippen molar-refractivity contribution in [1.29, 1.82) is 0 Å². The Bertz CT molecular complexity index is 543. The molecule has 2 aromatic rings. The lowest BCUT2D eigenvalue weighted by molar-refractivity contribution is 0.667. The highest BCUT2D eigenvalue weighted by Crippen LogP contribution is 2.13. The fourth-order valence-electron chi connectivity index (χ4n) is 1.42. The molecule has 0 aromatic carbocycles. The minimum Gasteiger partial charge on any atom is -0.310 e. The van der Waals surface area contributed by atoms with E-state index in [4.69, 9.17) is 0 Å². The molecule has 0 saturated heterocycles. The summed E-state index contributed by atoms with van der Waals surface area (Å²) in [5, 5.41) is 5.06. The molecule has 0 aliphatic rings. The van der Waals surface area contributed by atoms with Crippen LogP contribution in [0.4, 0.5) is 0 Å². The van der Waals surface area contributed by atoms with Crippen molar-refractivity contribution in [2.75, 3.05) is 6.54 Å². The zero-order chi connectivity index (χ0) is 11.4. The van der Waals surface area contributed by atoms with Crippen LogP contribution >= 0.6 is 11.3 Å². The second-order valence-corrected chi connectivity index (χ2v) is 4.32. The van der Waals surface area contributed by atoms with E-state index in [0.29, 0.717) is 17.1 Å². The van der Waals surface area contributed by atoms with Gasteiger partial charge < -0.3 is 10.3 Å². The maximum atomic E-state index is 11.6. The number of fused-ring (bicyclic) bond motifs is 1. The Morgan fingerprint density at radius 3 is 3.31 bits per heavy atom. The van der Waals surface area contributed by atoms with Gasteiger partial charge in [-0.25, -0.2) is 4.98 Å². The molecule has 2 N–H and O–H groups in total. The van der Waals surface area contributed by atoms with Crippen LogP contribution in [0.1, 0.15) is 12.2 Å². The molecule has 0 atom stereocenters. The normalized spacial score (nSPS) is 10.8. The molecule has 0 fully saturated rings. The summed E-state index contributed by atoms with van der Waals surface area (Å²) in [5.41, 5.74) is 0.717. The fraction of sp³-hybridized carbons (Fsp3) is 0.273. The summed E-state index contributed by atoms with van der Waals surface area (Å²) < 4.78 is 0.690. The Balaban J connectivity index is 2.12. The molecule has 5 heteroatoms. The molecule has 2 aromatic heterocycles. The molecule has 0 saturated carbocycles. The van der Waals surface area contributed by atoms with Gasteiger partial charge in [-0.2, -0.15) is 0 Å². The highest BCUT2D eigenvalue weighted by Gasteiger charge is 2.03. The topological polar surface area (TPSA) is 57.8 Å². The van der Waals surface area contributed by atoms with Gasteiger partial charge in [0.15, 0.2) is 0 Å². The predicted octanol–water partition coefficient (Wildman–Crippen LogP) is 1.65. The van der Waals surface area contributed by atoms with Crippen molar-refractivity contribution >= 4 is 21.6 Å². The van der Waals surface area contributed by atoms with Crippen LogP contribution in [0.5, 0.6) is 0 Å². The predicted molar refractivity (Wildman–Crippen MR) is 66.8 cm³/mol. The highest BCUT2D eigenvalue weighted by molar-refractivity contribution is 7.17. The zero-order valence-electron chi connectivity index (χ0n) is 8.82. The largest absolute Gasteiger partial charge is 0.310 e. The molecule has 0 aliphatic heterocycles. The summed E-state index contributed by atoms with van der Waals surface area (Å²) in [6.07, 6.45) is 2.76. The van der Waals surface area contributed by atoms with Crippen LogP contribution in [-0.4, -0.2) is 16.5 Å². The molecule has 0 amide bonds. The van der Waals surface area contributed by atoms with Gasteiger partial charge in [0.1, 0.15) is 10.5 Å². The minimum absolute atomic E-state index is 0.0551. The lowest BCUT2D eigenvalue weighted by Gasteiger charge is -2.02. The van der Waals surface area contributed by atoms with Crippen molar-refractivity contribution < 1.29 is 0 Å². The lowest BCUT2D eigenvalue weighted by atomic mass is 10.4. The van der Waals surface area contributed by atoms with E-state index in [1.807, 2.05) is 17.5 Å². The second kappa shape index (κ2) is 5.05. The molecular weight excluding hydrogens is 222 g/mol. The molecule has 16 heavy (non-hydrogen) atoms. The number of aromatic amines is 1. The monoisotopic (exact) mass is 235 g/mol. The Morgan fingerprint density at radius 1 is 1.62 bits per heavy atom. The van der Waals surface area contributed by atoms with E-state index < -0.39 is 0 Å². The number of thiophene rings is 1. The first kappa shape index (κ1) is 11.0. The zero-order valence-corrected chi connectivity index (χ0v) is 9.64. The van der Waals surface area contributed by atoms with Gasteiger partial charge >= 0.3 is 0 Å². The molecule has 2 heterocycles. The van der Waals surface area contributed by atoms with E-state index in [1.54, 1.807) is 0 Å². The van der Waals surface area contributed by atoms with Gasteiger partial charge in [-0.3, -0.25) is 4.79 Å². The molecule has 0 unspecified atom stereocenters. The minimum atomic E-state index is -0.0551. The number of hydrogen-bond donors (Lipinski definition) is 2. The van der Waals surface area contributed by atoms with E-state index in [1.165, 1.54) is 11.3 Å². The number of aromatic nitrogens is 2. The molecule has 84 valence electrons. The number of nitrogens with one attached hydrogen (secondary N) is 2. The van der Waals surface area contributed by atoms with Crippen LogP contribution in [0.25, 0.3) is 10.2 Å². The average Bonchev–Trinajstić information content (AvgIpc) is 2.73. The second-order valence-electron chi connectivity index (χ2n) is 3.40. The SMILES string of the molecule is C=CCCNCc1nc2ccsc2c(=O)[nH]1. The molecular formula is C11H13N3OS. The first-order valence-corrected chi connectivity index (χ1v) is 5.97. The Hall–Kier alpha value is -1.46. The van der Waals surface area contributed by atoms with Crippen molar-refractivity contribution in [3.05, 3.63) is 40.3 Å². The average molecular weight is 235 g/mol. The summed E-state index contributed by atoms with van der Waals surface area (Å²) in [6.45, 7) is 5.06. The van der Waals surface area contributed by atoms with E-state index in [2.05, 4.69) is 21.9 Å². The molecule has 0 spiro atoms. The van der Waals surface area contributed by atoms with Crippen molar-refractivity contribution in [3.8, 4) is 0 Å². The number of hydrogen-bond acceptors (Lipinski definition) is 4. The van der Waals surface area contributed by atoms with Crippen LogP contribution in [0.2, 0.25) is 0 Å². The van der Waals surface area contributed by atoms with Crippen molar-refractivity contribution in [2.24, 2.45) is 0 Å². The van der Waals surface area contributed by atoms with Gasteiger partial charge in [0.25, 0.3) is 5.56 Å². The van der Waals surface area contributed by atoms with Crippen LogP contribution in [-0.2, 0) is 6.54 Å². The van der Waals surface area contributed by atoms with E-state index >= 15 is 0 Å². The van der Waals surface area contributed by atoms with Gasteiger partial charge in [-0.1, -0.05) is 6.08 Å². The van der Waals surface area contributed by atoms with Gasteiger partial charge in [-0.15, -0.1) is 17.9 Å². The van der Waals surface area contributed by atoms with Crippen molar-refractivity contribution in [1.82, 2.24) is 15.3 Å². The van der Waals surface area contributed by atoms with Crippen LogP contribution in [0.15, 0.2) is 28.9 Å². The highest BCUT2D eigenvalue weighted by atomic mass is 32.1. The summed E-state index contributed by atoms with van der Waals surface area (Å²) in [4.78, 5) is 18.7. The summed E-state index contributed by atoms with van der Waals surface area (Å²) >= 11 is 1.41. The maximum Gasteiger partial charge on any atom is 0.268 e. The number of H-pyrrole nitrogens is 1. The van der Waals surface area contributed by atoms with Gasteiger partial charge in [-0.05, 0) is 24.4 Å². The van der Waals surface area contributed by atoms with Gasteiger partial charge in [0, 0.05) is 0 Å². The van der Waals surface area contributed by atoms with Crippen LogP contribution in [0, 0.1) is 0 Å². The lowest BCUT2D eigenvalue weighted by Crippen LogP contribution is -2.19. The van der Waals surface area contributed by atoms with E-state index in [0.717, 1.165) is 18.5 Å².